The number of rotatable bonds is 3. The molecule has 0 radical (unpaired) electrons. The van der Waals surface area contributed by atoms with Crippen LogP contribution in [-0.2, 0) is 14.3 Å². The van der Waals surface area contributed by atoms with Crippen LogP contribution in [0.5, 0.6) is 0 Å². The van der Waals surface area contributed by atoms with Crippen LogP contribution in [0.1, 0.15) is 46.1 Å². The second-order valence-corrected chi connectivity index (χ2v) is 7.16. The van der Waals surface area contributed by atoms with Crippen LogP contribution in [0.4, 0.5) is 0 Å². The van der Waals surface area contributed by atoms with Gasteiger partial charge in [0.1, 0.15) is 23.5 Å². The Hall–Kier alpha value is -3.12. The van der Waals surface area contributed by atoms with Crippen molar-refractivity contribution in [2.75, 3.05) is 0 Å². The highest BCUT2D eigenvalue weighted by Crippen LogP contribution is 2.47. The second kappa shape index (κ2) is 7.01. The molecule has 1 aliphatic rings. The summed E-state index contributed by atoms with van der Waals surface area (Å²) in [5.41, 5.74) is -1.15. The zero-order valence-corrected chi connectivity index (χ0v) is 15.5. The molecule has 0 amide bonds. The van der Waals surface area contributed by atoms with Crippen molar-refractivity contribution in [1.82, 2.24) is 0 Å². The zero-order chi connectivity index (χ0) is 19.5. The van der Waals surface area contributed by atoms with Gasteiger partial charge in [-0.25, -0.2) is 9.79 Å². The molecule has 1 aliphatic heterocycles. The maximum atomic E-state index is 12.8. The Balaban J connectivity index is 2.59. The van der Waals surface area contributed by atoms with E-state index in [9.17, 15) is 4.79 Å². The maximum Gasteiger partial charge on any atom is 0.338 e. The number of allylic oxidation sites excluding steroid dienone is 1. The van der Waals surface area contributed by atoms with Crippen LogP contribution in [0.15, 0.2) is 46.7 Å². The van der Waals surface area contributed by atoms with E-state index in [0.717, 1.165) is 5.56 Å². The summed E-state index contributed by atoms with van der Waals surface area (Å²) in [5, 5.41) is 18.2. The summed E-state index contributed by atoms with van der Waals surface area (Å²) in [6.07, 6.45) is 0. The monoisotopic (exact) mass is 351 g/mol. The highest BCUT2D eigenvalue weighted by molar-refractivity contribution is 6.10. The number of nitrogens with zero attached hydrogens (tertiary/aromatic N) is 3. The third-order valence-corrected chi connectivity index (χ3v) is 3.86. The van der Waals surface area contributed by atoms with Gasteiger partial charge in [-0.15, -0.1) is 0 Å². The summed E-state index contributed by atoms with van der Waals surface area (Å²) < 4.78 is 11.4. The molecule has 0 N–H and O–H groups in total. The lowest BCUT2D eigenvalue weighted by atomic mass is 9.84. The Morgan fingerprint density at radius 1 is 1.23 bits per heavy atom. The van der Waals surface area contributed by atoms with Gasteiger partial charge in [0.25, 0.3) is 0 Å². The predicted molar refractivity (Wildman–Crippen MR) is 95.9 cm³/mol. The van der Waals surface area contributed by atoms with Crippen molar-refractivity contribution in [1.29, 1.82) is 10.5 Å². The van der Waals surface area contributed by atoms with E-state index < -0.39 is 23.2 Å². The smallest absolute Gasteiger partial charge is 0.338 e. The lowest BCUT2D eigenvalue weighted by molar-refractivity contribution is -0.150. The summed E-state index contributed by atoms with van der Waals surface area (Å²) in [4.78, 5) is 17.0. The summed E-state index contributed by atoms with van der Waals surface area (Å²) >= 11 is 0. The van der Waals surface area contributed by atoms with E-state index in [1.54, 1.807) is 46.8 Å². The molecule has 134 valence electrons. The molecule has 2 rings (SSSR count). The molecule has 0 fully saturated rings. The van der Waals surface area contributed by atoms with Crippen LogP contribution in [0.25, 0.3) is 0 Å². The molecule has 1 aromatic carbocycles. The number of ether oxygens (including phenoxy) is 2. The van der Waals surface area contributed by atoms with Gasteiger partial charge in [-0.3, -0.25) is 0 Å². The molecule has 0 saturated carbocycles. The molecule has 6 heteroatoms. The second-order valence-electron chi connectivity index (χ2n) is 7.16. The molecule has 1 heterocycles. The Morgan fingerprint density at radius 3 is 2.31 bits per heavy atom. The van der Waals surface area contributed by atoms with Crippen LogP contribution in [0.3, 0.4) is 0 Å². The molecule has 0 spiro atoms. The fourth-order valence-electron chi connectivity index (χ4n) is 3.00. The van der Waals surface area contributed by atoms with Gasteiger partial charge in [-0.1, -0.05) is 30.3 Å². The molecule has 0 aromatic heterocycles. The van der Waals surface area contributed by atoms with Gasteiger partial charge < -0.3 is 9.47 Å². The van der Waals surface area contributed by atoms with Crippen molar-refractivity contribution in [3.05, 3.63) is 47.2 Å². The molecule has 0 aliphatic carbocycles. The van der Waals surface area contributed by atoms with Crippen molar-refractivity contribution in [2.24, 2.45) is 4.99 Å². The van der Waals surface area contributed by atoms with Gasteiger partial charge in [0.05, 0.1) is 11.5 Å². The first-order chi connectivity index (χ1) is 12.1. The fourth-order valence-corrected chi connectivity index (χ4v) is 3.00. The van der Waals surface area contributed by atoms with E-state index in [1.165, 1.54) is 0 Å². The third kappa shape index (κ3) is 3.92. The Labute approximate surface area is 153 Å². The summed E-state index contributed by atoms with van der Waals surface area (Å²) in [7, 11) is 0. The van der Waals surface area contributed by atoms with Gasteiger partial charge in [0, 0.05) is 0 Å². The minimum absolute atomic E-state index is 0.313. The highest BCUT2D eigenvalue weighted by atomic mass is 16.6. The molecule has 0 bridgehead atoms. The highest BCUT2D eigenvalue weighted by Gasteiger charge is 2.50. The van der Waals surface area contributed by atoms with Gasteiger partial charge in [-0.05, 0) is 40.2 Å². The average Bonchev–Trinajstić information content (AvgIpc) is 2.82. The zero-order valence-electron chi connectivity index (χ0n) is 15.5. The topological polar surface area (TPSA) is 95.5 Å². The fraction of sp³-hybridized carbons (Fsp3) is 0.400. The van der Waals surface area contributed by atoms with E-state index in [1.807, 2.05) is 30.3 Å². The number of hydrogen-bond acceptors (Lipinski definition) is 6. The van der Waals surface area contributed by atoms with E-state index >= 15 is 0 Å². The number of hydrogen-bond donors (Lipinski definition) is 0. The third-order valence-electron chi connectivity index (χ3n) is 3.86. The Morgan fingerprint density at radius 2 is 1.81 bits per heavy atom. The molecule has 6 nitrogen and oxygen atoms in total. The van der Waals surface area contributed by atoms with Crippen molar-refractivity contribution in [2.45, 2.75) is 51.9 Å². The minimum Gasteiger partial charge on any atom is -0.469 e. The first-order valence-electron chi connectivity index (χ1n) is 8.19. The van der Waals surface area contributed by atoms with Crippen LogP contribution in [-0.4, -0.2) is 23.0 Å². The van der Waals surface area contributed by atoms with Crippen molar-refractivity contribution >= 4 is 11.7 Å². The quantitative estimate of drug-likeness (QED) is 0.612. The SMILES string of the molecule is CC1=C(C(=O)OC(C)(C)C)[C@H](c2ccccc2)[C@@](C)(N=C(C#N)C#N)O1. The van der Waals surface area contributed by atoms with E-state index in [2.05, 4.69) is 4.99 Å². The van der Waals surface area contributed by atoms with Crippen LogP contribution in [0, 0.1) is 22.7 Å². The number of carbonyl (C=O) groups excluding carboxylic acids is 1. The number of benzene rings is 1. The lowest BCUT2D eigenvalue weighted by Gasteiger charge is -2.29. The van der Waals surface area contributed by atoms with Crippen LogP contribution < -0.4 is 0 Å². The first-order valence-corrected chi connectivity index (χ1v) is 8.19. The first kappa shape index (κ1) is 19.2. The Bertz CT molecular complexity index is 835. The van der Waals surface area contributed by atoms with Crippen LogP contribution >= 0.6 is 0 Å². The van der Waals surface area contributed by atoms with Gasteiger partial charge in [0.2, 0.25) is 11.4 Å². The van der Waals surface area contributed by atoms with Gasteiger partial charge in [0.15, 0.2) is 0 Å². The van der Waals surface area contributed by atoms with E-state index in [-0.39, 0.29) is 5.71 Å². The molecule has 0 unspecified atom stereocenters. The van der Waals surface area contributed by atoms with Crippen LogP contribution in [0.2, 0.25) is 0 Å². The number of nitriles is 2. The minimum atomic E-state index is -1.29. The number of aliphatic imine (C=N–C) groups is 1. The normalized spacial score (nSPS) is 22.0. The van der Waals surface area contributed by atoms with Gasteiger partial charge in [-0.2, -0.15) is 10.5 Å². The molecular weight excluding hydrogens is 330 g/mol. The summed E-state index contributed by atoms with van der Waals surface area (Å²) in [6, 6.07) is 12.7. The number of carbonyl (C=O) groups is 1. The van der Waals surface area contributed by atoms with Crippen molar-refractivity contribution in [3.63, 3.8) is 0 Å². The van der Waals surface area contributed by atoms with E-state index in [4.69, 9.17) is 20.0 Å². The molecular formula is C20H21N3O3. The summed E-state index contributed by atoms with van der Waals surface area (Å²) in [6.45, 7) is 8.67. The van der Waals surface area contributed by atoms with Crippen molar-refractivity contribution < 1.29 is 14.3 Å². The van der Waals surface area contributed by atoms with E-state index in [0.29, 0.717) is 11.3 Å². The number of esters is 1. The maximum absolute atomic E-state index is 12.8. The molecule has 26 heavy (non-hydrogen) atoms. The standard InChI is InChI=1S/C20H21N3O3/c1-13-16(18(24)26-19(2,3)4)17(14-9-7-6-8-10-14)20(5,25-13)23-15(11-21)12-22/h6-10,17H,1-5H3/t17-,20-/m0/s1. The molecule has 1 aromatic rings. The Kier molecular flexibility index (Phi) is 5.18. The predicted octanol–water partition coefficient (Wildman–Crippen LogP) is 3.62. The van der Waals surface area contributed by atoms with Gasteiger partial charge >= 0.3 is 5.97 Å². The molecule has 2 atom stereocenters. The average molecular weight is 351 g/mol. The molecule has 0 saturated heterocycles. The largest absolute Gasteiger partial charge is 0.469 e. The lowest BCUT2D eigenvalue weighted by Crippen LogP contribution is -2.34. The summed E-state index contributed by atoms with van der Waals surface area (Å²) in [5.74, 6) is -0.733. The van der Waals surface area contributed by atoms with Crippen molar-refractivity contribution in [3.8, 4) is 12.1 Å².